The van der Waals surface area contributed by atoms with Crippen LogP contribution < -0.4 is 0 Å². The topological polar surface area (TPSA) is 108 Å². The van der Waals surface area contributed by atoms with Crippen LogP contribution in [0.15, 0.2) is 57.7 Å². The molecule has 1 aromatic carbocycles. The van der Waals surface area contributed by atoms with E-state index in [1.165, 1.54) is 0 Å². The predicted molar refractivity (Wildman–Crippen MR) is 134 cm³/mol. The maximum absolute atomic E-state index is 13.4. The van der Waals surface area contributed by atoms with E-state index in [-0.39, 0.29) is 5.91 Å². The lowest BCUT2D eigenvalue weighted by Gasteiger charge is -2.27. The van der Waals surface area contributed by atoms with Crippen LogP contribution in [0.5, 0.6) is 0 Å². The van der Waals surface area contributed by atoms with Crippen LogP contribution in [0, 0.1) is 13.8 Å². The van der Waals surface area contributed by atoms with Crippen LogP contribution in [-0.4, -0.2) is 47.1 Å². The van der Waals surface area contributed by atoms with Gasteiger partial charge in [0.25, 0.3) is 5.91 Å². The molecule has 10 heteroatoms. The molecule has 0 N–H and O–H groups in total. The second-order valence-corrected chi connectivity index (χ2v) is 9.39. The largest absolute Gasteiger partial charge is 0.456 e. The van der Waals surface area contributed by atoms with E-state index in [1.54, 1.807) is 12.4 Å². The summed E-state index contributed by atoms with van der Waals surface area (Å²) in [5, 5.41) is 17.3. The number of hydrogen-bond donors (Lipinski definition) is 0. The van der Waals surface area contributed by atoms with Gasteiger partial charge in [-0.1, -0.05) is 35.5 Å². The highest BCUT2D eigenvalue weighted by Gasteiger charge is 2.30. The first-order chi connectivity index (χ1) is 18.0. The van der Waals surface area contributed by atoms with Gasteiger partial charge in [0.1, 0.15) is 23.5 Å². The minimum atomic E-state index is -0.142. The Bertz CT molecular complexity index is 1550. The maximum atomic E-state index is 13.4. The molecule has 5 heterocycles. The van der Waals surface area contributed by atoms with E-state index in [2.05, 4.69) is 27.5 Å². The van der Waals surface area contributed by atoms with Gasteiger partial charge in [0, 0.05) is 43.3 Å². The van der Waals surface area contributed by atoms with Gasteiger partial charge in [-0.15, -0.1) is 10.2 Å². The van der Waals surface area contributed by atoms with Crippen molar-refractivity contribution in [3.8, 4) is 11.5 Å². The molecule has 5 aromatic rings. The minimum absolute atomic E-state index is 0.142. The first kappa shape index (κ1) is 23.0. The molecule has 0 fully saturated rings. The van der Waals surface area contributed by atoms with E-state index < -0.39 is 0 Å². The van der Waals surface area contributed by atoms with Crippen molar-refractivity contribution in [2.75, 3.05) is 6.54 Å². The van der Waals surface area contributed by atoms with E-state index in [4.69, 9.17) is 14.0 Å². The van der Waals surface area contributed by atoms with Gasteiger partial charge in [0.05, 0.1) is 18.8 Å². The lowest BCUT2D eigenvalue weighted by Crippen LogP contribution is -2.36. The van der Waals surface area contributed by atoms with Crippen LogP contribution in [0.3, 0.4) is 0 Å². The molecule has 0 atom stereocenters. The SMILES string of the molecule is Cc1noc(C)c1Cc1ccc(C(=O)N2CCc3c(c(-c4nncn4Cc4ccccc4)nn3C)C2)o1. The van der Waals surface area contributed by atoms with Crippen molar-refractivity contribution in [1.82, 2.24) is 34.6 Å². The standard InChI is InChI=1S/C27H27N7O3/c1-17-21(18(2)37-31-17)13-20-9-10-24(36-20)27(35)33-12-11-23-22(15-33)25(30-32(23)3)26-29-28-16-34(26)14-19-7-5-4-6-8-19/h4-10,16H,11-15H2,1-3H3. The molecule has 1 aliphatic rings. The molecular weight excluding hydrogens is 470 g/mol. The van der Waals surface area contributed by atoms with Gasteiger partial charge in [-0.05, 0) is 31.5 Å². The average molecular weight is 498 g/mol. The normalized spacial score (nSPS) is 13.2. The number of nitrogens with zero attached hydrogens (tertiary/aromatic N) is 7. The second-order valence-electron chi connectivity index (χ2n) is 9.39. The molecule has 0 radical (unpaired) electrons. The van der Waals surface area contributed by atoms with Crippen LogP contribution in [0.25, 0.3) is 11.5 Å². The summed E-state index contributed by atoms with van der Waals surface area (Å²) in [7, 11) is 1.94. The number of furan rings is 1. The Hall–Kier alpha value is -4.47. The highest BCUT2D eigenvalue weighted by atomic mass is 16.5. The van der Waals surface area contributed by atoms with Gasteiger partial charge in [-0.3, -0.25) is 9.48 Å². The first-order valence-corrected chi connectivity index (χ1v) is 12.2. The first-order valence-electron chi connectivity index (χ1n) is 12.2. The molecular formula is C27H27N7O3. The molecule has 4 aromatic heterocycles. The molecule has 37 heavy (non-hydrogen) atoms. The molecule has 0 bridgehead atoms. The Morgan fingerprint density at radius 2 is 1.95 bits per heavy atom. The molecule has 0 saturated carbocycles. The van der Waals surface area contributed by atoms with Crippen molar-refractivity contribution in [3.05, 3.63) is 94.2 Å². The number of hydrogen-bond acceptors (Lipinski definition) is 7. The molecule has 1 aliphatic heterocycles. The number of carbonyl (C=O) groups is 1. The Morgan fingerprint density at radius 1 is 1.11 bits per heavy atom. The van der Waals surface area contributed by atoms with E-state index in [0.29, 0.717) is 49.8 Å². The van der Waals surface area contributed by atoms with Gasteiger partial charge >= 0.3 is 0 Å². The van der Waals surface area contributed by atoms with Gasteiger partial charge in [-0.2, -0.15) is 5.10 Å². The van der Waals surface area contributed by atoms with Crippen molar-refractivity contribution in [3.63, 3.8) is 0 Å². The van der Waals surface area contributed by atoms with Gasteiger partial charge in [0.2, 0.25) is 0 Å². The molecule has 0 unspecified atom stereocenters. The lowest BCUT2D eigenvalue weighted by atomic mass is 10.0. The summed E-state index contributed by atoms with van der Waals surface area (Å²) in [5.41, 5.74) is 5.81. The molecule has 188 valence electrons. The van der Waals surface area contributed by atoms with Crippen molar-refractivity contribution in [1.29, 1.82) is 0 Å². The molecule has 1 amide bonds. The van der Waals surface area contributed by atoms with Crippen LogP contribution in [-0.2, 0) is 33.0 Å². The number of amides is 1. The van der Waals surface area contributed by atoms with Gasteiger partial charge in [0.15, 0.2) is 11.6 Å². The average Bonchev–Trinajstić information content (AvgIpc) is 3.69. The van der Waals surface area contributed by atoms with E-state index in [9.17, 15) is 4.79 Å². The van der Waals surface area contributed by atoms with Crippen molar-refractivity contribution < 1.29 is 13.7 Å². The zero-order chi connectivity index (χ0) is 25.5. The Morgan fingerprint density at radius 3 is 2.73 bits per heavy atom. The lowest BCUT2D eigenvalue weighted by molar-refractivity contribution is 0.0699. The van der Waals surface area contributed by atoms with Crippen LogP contribution in [0.4, 0.5) is 0 Å². The van der Waals surface area contributed by atoms with Gasteiger partial charge in [-0.25, -0.2) is 0 Å². The number of rotatable bonds is 6. The molecule has 0 aliphatic carbocycles. The van der Waals surface area contributed by atoms with Crippen molar-refractivity contribution in [2.24, 2.45) is 7.05 Å². The summed E-state index contributed by atoms with van der Waals surface area (Å²) >= 11 is 0. The number of carbonyl (C=O) groups excluding carboxylic acids is 1. The summed E-state index contributed by atoms with van der Waals surface area (Å²) in [4.78, 5) is 15.2. The van der Waals surface area contributed by atoms with Crippen LogP contribution >= 0.6 is 0 Å². The fraction of sp³-hybridized carbons (Fsp3) is 0.296. The third-order valence-corrected chi connectivity index (χ3v) is 6.96. The molecule has 6 rings (SSSR count). The van der Waals surface area contributed by atoms with Gasteiger partial charge < -0.3 is 18.4 Å². The quantitative estimate of drug-likeness (QED) is 0.352. The number of aryl methyl sites for hydroxylation is 3. The summed E-state index contributed by atoms with van der Waals surface area (Å²) in [5.74, 6) is 2.33. The van der Waals surface area contributed by atoms with Crippen LogP contribution in [0.1, 0.15) is 50.2 Å². The smallest absolute Gasteiger partial charge is 0.289 e. The predicted octanol–water partition coefficient (Wildman–Crippen LogP) is 3.71. The summed E-state index contributed by atoms with van der Waals surface area (Å²) in [6.45, 7) is 5.43. The third-order valence-electron chi connectivity index (χ3n) is 6.96. The minimum Gasteiger partial charge on any atom is -0.456 e. The Labute approximate surface area is 213 Å². The number of aromatic nitrogens is 6. The Kier molecular flexibility index (Phi) is 5.71. The maximum Gasteiger partial charge on any atom is 0.289 e. The zero-order valence-corrected chi connectivity index (χ0v) is 21.0. The number of fused-ring (bicyclic) bond motifs is 1. The molecule has 0 saturated heterocycles. The Balaban J connectivity index is 1.24. The second kappa shape index (κ2) is 9.20. The van der Waals surface area contributed by atoms with E-state index in [0.717, 1.165) is 39.5 Å². The monoisotopic (exact) mass is 497 g/mol. The zero-order valence-electron chi connectivity index (χ0n) is 21.0. The van der Waals surface area contributed by atoms with Crippen LogP contribution in [0.2, 0.25) is 0 Å². The van der Waals surface area contributed by atoms with Crippen molar-refractivity contribution >= 4 is 5.91 Å². The summed E-state index contributed by atoms with van der Waals surface area (Å²) in [6.07, 6.45) is 2.95. The van der Waals surface area contributed by atoms with E-state index in [1.807, 2.05) is 59.3 Å². The summed E-state index contributed by atoms with van der Waals surface area (Å²) < 4.78 is 15.1. The fourth-order valence-corrected chi connectivity index (χ4v) is 4.95. The van der Waals surface area contributed by atoms with E-state index >= 15 is 0 Å². The molecule has 10 nitrogen and oxygen atoms in total. The third kappa shape index (κ3) is 4.24. The fourth-order valence-electron chi connectivity index (χ4n) is 4.95. The summed E-state index contributed by atoms with van der Waals surface area (Å²) in [6, 6.07) is 13.8. The highest BCUT2D eigenvalue weighted by Crippen LogP contribution is 2.30. The van der Waals surface area contributed by atoms with Crippen molar-refractivity contribution in [2.45, 2.75) is 39.8 Å². The number of benzene rings is 1. The molecule has 0 spiro atoms. The highest BCUT2D eigenvalue weighted by molar-refractivity contribution is 5.91.